The van der Waals surface area contributed by atoms with Gasteiger partial charge in [-0.05, 0) is 46.2 Å². The fraction of sp³-hybridized carbons (Fsp3) is 1.00. The summed E-state index contributed by atoms with van der Waals surface area (Å²) in [6.45, 7) is 14.5. The molecule has 0 spiro atoms. The second-order valence-corrected chi connectivity index (χ2v) is 8.79. The maximum Gasteiger partial charge on any atom is 0.0153 e. The van der Waals surface area contributed by atoms with Crippen molar-refractivity contribution < 1.29 is 0 Å². The van der Waals surface area contributed by atoms with E-state index in [2.05, 4.69) is 39.5 Å². The van der Waals surface area contributed by atoms with Gasteiger partial charge >= 0.3 is 0 Å². The Bertz CT molecular complexity index is 251. The highest BCUT2D eigenvalue weighted by Crippen LogP contribution is 2.24. The Morgan fingerprint density at radius 1 is 0.480 bits per heavy atom. The van der Waals surface area contributed by atoms with Crippen molar-refractivity contribution in [2.24, 2.45) is 0 Å². The average Bonchev–Trinajstić information content (AvgIpc) is 2.59. The smallest absolute Gasteiger partial charge is 0.0153 e. The van der Waals surface area contributed by atoms with Gasteiger partial charge in [0.05, 0.1) is 0 Å². The van der Waals surface area contributed by atoms with Crippen LogP contribution in [0.25, 0.3) is 0 Å². The lowest BCUT2D eigenvalue weighted by Crippen LogP contribution is -2.45. The molecule has 0 saturated carbocycles. The molecule has 0 atom stereocenters. The molecule has 0 aromatic heterocycles. The molecule has 1 heteroatoms. The normalized spacial score (nSPS) is 12.2. The Balaban J connectivity index is 3.73. The largest absolute Gasteiger partial charge is 0.298 e. The topological polar surface area (TPSA) is 3.24 Å². The van der Waals surface area contributed by atoms with Gasteiger partial charge in [0.1, 0.15) is 0 Å². The van der Waals surface area contributed by atoms with Crippen molar-refractivity contribution in [1.29, 1.82) is 0 Å². The van der Waals surface area contributed by atoms with E-state index in [1.807, 2.05) is 0 Å². The number of nitrogens with zero attached hydrogens (tertiary/aromatic N) is 1. The van der Waals surface area contributed by atoms with Crippen LogP contribution in [-0.4, -0.2) is 23.5 Å². The van der Waals surface area contributed by atoms with Gasteiger partial charge in [0, 0.05) is 5.54 Å². The standard InChI is InChI=1S/C24H51N/c1-6-9-12-13-14-15-16-17-18-19-20-21-24(4,5)25(22-10-7-2)23-11-8-3/h6-23H2,1-5H3. The van der Waals surface area contributed by atoms with Crippen LogP contribution in [0.3, 0.4) is 0 Å². The van der Waals surface area contributed by atoms with E-state index in [0.717, 1.165) is 0 Å². The lowest BCUT2D eigenvalue weighted by atomic mass is 9.93. The highest BCUT2D eigenvalue weighted by atomic mass is 15.2. The molecule has 0 fully saturated rings. The van der Waals surface area contributed by atoms with Gasteiger partial charge in [0.15, 0.2) is 0 Å². The molecule has 0 aliphatic rings. The van der Waals surface area contributed by atoms with Gasteiger partial charge in [-0.25, -0.2) is 0 Å². The molecule has 0 aliphatic carbocycles. The van der Waals surface area contributed by atoms with E-state index in [9.17, 15) is 0 Å². The predicted octanol–water partition coefficient (Wildman–Crippen LogP) is 8.37. The van der Waals surface area contributed by atoms with Gasteiger partial charge in [-0.2, -0.15) is 0 Å². The SMILES string of the molecule is CCCCCCCCCCCCCC(C)(C)N(CCCC)CCCC. The third-order valence-electron chi connectivity index (χ3n) is 5.81. The zero-order valence-corrected chi connectivity index (χ0v) is 18.7. The Morgan fingerprint density at radius 2 is 0.840 bits per heavy atom. The van der Waals surface area contributed by atoms with Crippen molar-refractivity contribution in [3.8, 4) is 0 Å². The van der Waals surface area contributed by atoms with Crippen LogP contribution >= 0.6 is 0 Å². The quantitative estimate of drug-likeness (QED) is 0.211. The summed E-state index contributed by atoms with van der Waals surface area (Å²) in [5, 5.41) is 0. The molecular formula is C24H51N. The summed E-state index contributed by atoms with van der Waals surface area (Å²) >= 11 is 0. The molecule has 152 valence electrons. The summed E-state index contributed by atoms with van der Waals surface area (Å²) < 4.78 is 0. The Morgan fingerprint density at radius 3 is 1.24 bits per heavy atom. The van der Waals surface area contributed by atoms with Gasteiger partial charge in [-0.15, -0.1) is 0 Å². The maximum atomic E-state index is 2.77. The molecule has 0 unspecified atom stereocenters. The maximum absolute atomic E-state index is 2.77. The molecule has 0 rings (SSSR count). The first-order valence-corrected chi connectivity index (χ1v) is 11.8. The lowest BCUT2D eigenvalue weighted by molar-refractivity contribution is 0.104. The summed E-state index contributed by atoms with van der Waals surface area (Å²) in [6, 6.07) is 0. The first-order valence-electron chi connectivity index (χ1n) is 11.8. The third kappa shape index (κ3) is 14.8. The minimum atomic E-state index is 0.392. The Labute approximate surface area is 161 Å². The van der Waals surface area contributed by atoms with E-state index < -0.39 is 0 Å². The average molecular weight is 354 g/mol. The van der Waals surface area contributed by atoms with Crippen molar-refractivity contribution in [2.75, 3.05) is 13.1 Å². The van der Waals surface area contributed by atoms with Gasteiger partial charge in [-0.3, -0.25) is 4.90 Å². The molecule has 0 amide bonds. The highest BCUT2D eigenvalue weighted by Gasteiger charge is 2.24. The van der Waals surface area contributed by atoms with Gasteiger partial charge in [-0.1, -0.05) is 104 Å². The second-order valence-electron chi connectivity index (χ2n) is 8.79. The van der Waals surface area contributed by atoms with Crippen molar-refractivity contribution in [1.82, 2.24) is 4.90 Å². The summed E-state index contributed by atoms with van der Waals surface area (Å²) in [4.78, 5) is 2.77. The summed E-state index contributed by atoms with van der Waals surface area (Å²) in [7, 11) is 0. The zero-order valence-electron chi connectivity index (χ0n) is 18.7. The van der Waals surface area contributed by atoms with Crippen LogP contribution < -0.4 is 0 Å². The van der Waals surface area contributed by atoms with Gasteiger partial charge < -0.3 is 0 Å². The van der Waals surface area contributed by atoms with E-state index in [-0.39, 0.29) is 0 Å². The van der Waals surface area contributed by atoms with Crippen LogP contribution in [0, 0.1) is 0 Å². The minimum absolute atomic E-state index is 0.392. The molecular weight excluding hydrogens is 302 g/mol. The molecule has 0 radical (unpaired) electrons. The van der Waals surface area contributed by atoms with E-state index in [1.54, 1.807) is 0 Å². The first-order chi connectivity index (χ1) is 12.1. The van der Waals surface area contributed by atoms with E-state index in [4.69, 9.17) is 0 Å². The van der Waals surface area contributed by atoms with E-state index >= 15 is 0 Å². The van der Waals surface area contributed by atoms with Crippen molar-refractivity contribution in [3.05, 3.63) is 0 Å². The van der Waals surface area contributed by atoms with Crippen LogP contribution in [0.4, 0.5) is 0 Å². The minimum Gasteiger partial charge on any atom is -0.298 e. The molecule has 0 heterocycles. The molecule has 0 aromatic carbocycles. The highest BCUT2D eigenvalue weighted by molar-refractivity contribution is 4.81. The van der Waals surface area contributed by atoms with Crippen LogP contribution in [0.1, 0.15) is 137 Å². The Kier molecular flexibility index (Phi) is 17.3. The van der Waals surface area contributed by atoms with Crippen LogP contribution in [0.15, 0.2) is 0 Å². The predicted molar refractivity (Wildman–Crippen MR) is 117 cm³/mol. The van der Waals surface area contributed by atoms with Gasteiger partial charge in [0.25, 0.3) is 0 Å². The van der Waals surface area contributed by atoms with Crippen LogP contribution in [-0.2, 0) is 0 Å². The number of hydrogen-bond acceptors (Lipinski definition) is 1. The van der Waals surface area contributed by atoms with Crippen molar-refractivity contribution >= 4 is 0 Å². The molecule has 0 saturated heterocycles. The number of unbranched alkanes of at least 4 members (excludes halogenated alkanes) is 12. The molecule has 0 bridgehead atoms. The van der Waals surface area contributed by atoms with Crippen LogP contribution in [0.5, 0.6) is 0 Å². The molecule has 0 N–H and O–H groups in total. The fourth-order valence-electron chi connectivity index (χ4n) is 3.80. The summed E-state index contributed by atoms with van der Waals surface area (Å²) in [6.07, 6.45) is 22.6. The zero-order chi connectivity index (χ0) is 18.8. The first kappa shape index (κ1) is 25.0. The number of hydrogen-bond donors (Lipinski definition) is 0. The fourth-order valence-corrected chi connectivity index (χ4v) is 3.80. The number of rotatable bonds is 19. The summed E-state index contributed by atoms with van der Waals surface area (Å²) in [5.74, 6) is 0. The van der Waals surface area contributed by atoms with Crippen molar-refractivity contribution in [3.63, 3.8) is 0 Å². The second kappa shape index (κ2) is 17.4. The third-order valence-corrected chi connectivity index (χ3v) is 5.81. The molecule has 1 nitrogen and oxygen atoms in total. The van der Waals surface area contributed by atoms with Crippen molar-refractivity contribution in [2.45, 2.75) is 143 Å². The van der Waals surface area contributed by atoms with Crippen LogP contribution in [0.2, 0.25) is 0 Å². The van der Waals surface area contributed by atoms with Gasteiger partial charge in [0.2, 0.25) is 0 Å². The monoisotopic (exact) mass is 353 g/mol. The Hall–Kier alpha value is -0.0400. The molecule has 25 heavy (non-hydrogen) atoms. The lowest BCUT2D eigenvalue weighted by Gasteiger charge is -2.39. The van der Waals surface area contributed by atoms with E-state index in [1.165, 1.54) is 116 Å². The van der Waals surface area contributed by atoms with E-state index in [0.29, 0.717) is 5.54 Å². The summed E-state index contributed by atoms with van der Waals surface area (Å²) in [5.41, 5.74) is 0.392. The molecule has 0 aliphatic heterocycles. The molecule has 0 aromatic rings.